The average molecular weight is 334 g/mol. The van der Waals surface area contributed by atoms with Gasteiger partial charge in [-0.15, -0.1) is 0 Å². The lowest BCUT2D eigenvalue weighted by Gasteiger charge is -2.08. The van der Waals surface area contributed by atoms with Gasteiger partial charge in [-0.05, 0) is 30.4 Å². The first-order chi connectivity index (χ1) is 8.63. The molecule has 6 heteroatoms. The largest absolute Gasteiger partial charge is 0.478 e. The lowest BCUT2D eigenvalue weighted by atomic mass is 10.2. The Kier molecular flexibility index (Phi) is 7.15. The molecule has 0 fully saturated rings. The van der Waals surface area contributed by atoms with E-state index in [0.717, 1.165) is 34.6 Å². The Morgan fingerprint density at radius 2 is 2.11 bits per heavy atom. The summed E-state index contributed by atoms with van der Waals surface area (Å²) in [6.45, 7) is 1.000. The van der Waals surface area contributed by atoms with Crippen molar-refractivity contribution >= 4 is 39.3 Å². The molecule has 0 atom stereocenters. The molecule has 0 heterocycles. The minimum absolute atomic E-state index is 0.230. The summed E-state index contributed by atoms with van der Waals surface area (Å²) in [4.78, 5) is 10.9. The third-order valence-electron chi connectivity index (χ3n) is 2.17. The quantitative estimate of drug-likeness (QED) is 0.638. The van der Waals surface area contributed by atoms with Crippen LogP contribution in [-0.2, 0) is 0 Å². The lowest BCUT2D eigenvalue weighted by Crippen LogP contribution is -2.06. The van der Waals surface area contributed by atoms with Crippen LogP contribution >= 0.6 is 27.7 Å². The normalized spacial score (nSPS) is 10.3. The van der Waals surface area contributed by atoms with Gasteiger partial charge in [0.15, 0.2) is 0 Å². The summed E-state index contributed by atoms with van der Waals surface area (Å²) in [6.07, 6.45) is 0.810. The van der Waals surface area contributed by atoms with Crippen LogP contribution in [0.2, 0.25) is 0 Å². The summed E-state index contributed by atoms with van der Waals surface area (Å²) in [6, 6.07) is 5.04. The summed E-state index contributed by atoms with van der Waals surface area (Å²) in [5, 5.41) is 20.7. The summed E-state index contributed by atoms with van der Waals surface area (Å²) in [5.41, 5.74) is 1.06. The number of rotatable bonds is 8. The number of carbonyl (C=O) groups is 1. The second-order valence-corrected chi connectivity index (χ2v) is 5.79. The molecule has 0 aliphatic carbocycles. The fourth-order valence-electron chi connectivity index (χ4n) is 1.35. The molecule has 0 aliphatic rings. The second kappa shape index (κ2) is 8.39. The molecular formula is C12H16BrNO3S. The van der Waals surface area contributed by atoms with Gasteiger partial charge in [-0.25, -0.2) is 4.79 Å². The predicted octanol–water partition coefficient (Wildman–Crippen LogP) is 2.67. The van der Waals surface area contributed by atoms with E-state index >= 15 is 0 Å². The van der Waals surface area contributed by atoms with Crippen LogP contribution in [0.25, 0.3) is 0 Å². The van der Waals surface area contributed by atoms with Gasteiger partial charge in [0, 0.05) is 29.1 Å². The van der Waals surface area contributed by atoms with Crippen LogP contribution in [0.3, 0.4) is 0 Å². The fraction of sp³-hybridized carbons (Fsp3) is 0.417. The van der Waals surface area contributed by atoms with Gasteiger partial charge >= 0.3 is 5.97 Å². The maximum absolute atomic E-state index is 10.9. The van der Waals surface area contributed by atoms with E-state index in [4.69, 9.17) is 10.2 Å². The Morgan fingerprint density at radius 3 is 2.78 bits per heavy atom. The van der Waals surface area contributed by atoms with Crippen molar-refractivity contribution in [3.8, 4) is 0 Å². The first-order valence-electron chi connectivity index (χ1n) is 5.60. The molecule has 0 unspecified atom stereocenters. The number of aromatic carboxylic acids is 1. The van der Waals surface area contributed by atoms with Crippen molar-refractivity contribution in [3.05, 3.63) is 28.2 Å². The first-order valence-corrected chi connectivity index (χ1v) is 7.54. The van der Waals surface area contributed by atoms with Crippen LogP contribution in [-0.4, -0.2) is 40.8 Å². The van der Waals surface area contributed by atoms with Gasteiger partial charge in [-0.3, -0.25) is 0 Å². The van der Waals surface area contributed by atoms with Gasteiger partial charge in [0.2, 0.25) is 0 Å². The lowest BCUT2D eigenvalue weighted by molar-refractivity contribution is 0.0697. The van der Waals surface area contributed by atoms with Gasteiger partial charge in [0.05, 0.1) is 5.56 Å². The molecule has 0 spiro atoms. The molecule has 3 N–H and O–H groups in total. The highest BCUT2D eigenvalue weighted by Gasteiger charge is 2.05. The number of aliphatic hydroxyl groups excluding tert-OH is 1. The van der Waals surface area contributed by atoms with Gasteiger partial charge in [-0.2, -0.15) is 11.8 Å². The van der Waals surface area contributed by atoms with Gasteiger partial charge < -0.3 is 15.5 Å². The summed E-state index contributed by atoms with van der Waals surface area (Å²) in [7, 11) is 0. The number of benzene rings is 1. The predicted molar refractivity (Wildman–Crippen MR) is 78.6 cm³/mol. The Labute approximate surface area is 119 Å². The molecule has 0 radical (unpaired) electrons. The zero-order chi connectivity index (χ0) is 13.4. The highest BCUT2D eigenvalue weighted by molar-refractivity contribution is 9.10. The number of hydrogen-bond donors (Lipinski definition) is 3. The van der Waals surface area contributed by atoms with E-state index in [2.05, 4.69) is 21.2 Å². The summed E-state index contributed by atoms with van der Waals surface area (Å²) in [5.74, 6) is 0.933. The number of aliphatic hydroxyl groups is 1. The second-order valence-electron chi connectivity index (χ2n) is 3.65. The van der Waals surface area contributed by atoms with Gasteiger partial charge in [0.1, 0.15) is 0 Å². The number of carboxylic acid groups (broad SMARTS) is 1. The average Bonchev–Trinajstić information content (AvgIpc) is 2.33. The van der Waals surface area contributed by atoms with Crippen molar-refractivity contribution in [1.29, 1.82) is 0 Å². The maximum atomic E-state index is 10.9. The molecule has 0 saturated heterocycles. The van der Waals surface area contributed by atoms with E-state index in [1.807, 2.05) is 6.07 Å². The molecule has 0 aliphatic heterocycles. The molecule has 0 amide bonds. The molecule has 1 rings (SSSR count). The van der Waals surface area contributed by atoms with Crippen LogP contribution in [0.1, 0.15) is 16.8 Å². The van der Waals surface area contributed by atoms with Crippen LogP contribution in [0.4, 0.5) is 5.69 Å². The Bertz CT molecular complexity index is 401. The number of nitrogens with one attached hydrogen (secondary N) is 1. The zero-order valence-corrected chi connectivity index (χ0v) is 12.3. The zero-order valence-electron chi connectivity index (χ0n) is 9.86. The third-order valence-corrected chi connectivity index (χ3v) is 3.70. The molecule has 1 aromatic rings. The Hall–Kier alpha value is -0.720. The van der Waals surface area contributed by atoms with Crippen LogP contribution in [0.15, 0.2) is 22.7 Å². The SMILES string of the molecule is O=C(O)c1cc(Br)cc(NCCSCCCO)c1. The molecule has 0 saturated carbocycles. The van der Waals surface area contributed by atoms with E-state index < -0.39 is 5.97 Å². The minimum Gasteiger partial charge on any atom is -0.478 e. The molecule has 4 nitrogen and oxygen atoms in total. The maximum Gasteiger partial charge on any atom is 0.335 e. The highest BCUT2D eigenvalue weighted by atomic mass is 79.9. The van der Waals surface area contributed by atoms with Crippen molar-refractivity contribution in [1.82, 2.24) is 0 Å². The third kappa shape index (κ3) is 5.75. The van der Waals surface area contributed by atoms with Crippen molar-refractivity contribution in [2.45, 2.75) is 6.42 Å². The molecule has 0 bridgehead atoms. The van der Waals surface area contributed by atoms with E-state index in [-0.39, 0.29) is 12.2 Å². The van der Waals surface area contributed by atoms with Crippen LogP contribution in [0, 0.1) is 0 Å². The first kappa shape index (κ1) is 15.3. The number of anilines is 1. The topological polar surface area (TPSA) is 69.6 Å². The highest BCUT2D eigenvalue weighted by Crippen LogP contribution is 2.19. The van der Waals surface area contributed by atoms with Crippen molar-refractivity contribution < 1.29 is 15.0 Å². The Morgan fingerprint density at radius 1 is 1.33 bits per heavy atom. The van der Waals surface area contributed by atoms with E-state index in [1.165, 1.54) is 0 Å². The molecule has 0 aromatic heterocycles. The summed E-state index contributed by atoms with van der Waals surface area (Å²) >= 11 is 5.05. The standard InChI is InChI=1S/C12H16BrNO3S/c13-10-6-9(12(16)17)7-11(8-10)14-2-5-18-4-1-3-15/h6-8,14-15H,1-5H2,(H,16,17). The van der Waals surface area contributed by atoms with Crippen molar-refractivity contribution in [2.75, 3.05) is 30.0 Å². The van der Waals surface area contributed by atoms with E-state index in [9.17, 15) is 4.79 Å². The van der Waals surface area contributed by atoms with Gasteiger partial charge in [0.25, 0.3) is 0 Å². The van der Waals surface area contributed by atoms with Crippen molar-refractivity contribution in [2.24, 2.45) is 0 Å². The number of halogens is 1. The fourth-order valence-corrected chi connectivity index (χ4v) is 2.63. The van der Waals surface area contributed by atoms with E-state index in [1.54, 1.807) is 23.9 Å². The number of thioether (sulfide) groups is 1. The number of carboxylic acids is 1. The van der Waals surface area contributed by atoms with Crippen LogP contribution in [0.5, 0.6) is 0 Å². The van der Waals surface area contributed by atoms with Crippen LogP contribution < -0.4 is 5.32 Å². The molecule has 100 valence electrons. The summed E-state index contributed by atoms with van der Waals surface area (Å²) < 4.78 is 0.748. The molecule has 18 heavy (non-hydrogen) atoms. The Balaban J connectivity index is 2.40. The smallest absolute Gasteiger partial charge is 0.335 e. The number of hydrogen-bond acceptors (Lipinski definition) is 4. The monoisotopic (exact) mass is 333 g/mol. The molecular weight excluding hydrogens is 318 g/mol. The van der Waals surface area contributed by atoms with Crippen molar-refractivity contribution in [3.63, 3.8) is 0 Å². The molecule has 1 aromatic carbocycles. The van der Waals surface area contributed by atoms with Gasteiger partial charge in [-0.1, -0.05) is 15.9 Å². The minimum atomic E-state index is -0.934. The van der Waals surface area contributed by atoms with E-state index in [0.29, 0.717) is 0 Å².